The molecule has 0 saturated carbocycles. The first-order valence-corrected chi connectivity index (χ1v) is 9.35. The van der Waals surface area contributed by atoms with Crippen LogP contribution in [0.3, 0.4) is 0 Å². The van der Waals surface area contributed by atoms with Gasteiger partial charge in [-0.2, -0.15) is 12.1 Å². The molecule has 0 aliphatic rings. The van der Waals surface area contributed by atoms with Crippen molar-refractivity contribution in [1.29, 1.82) is 0 Å². The van der Waals surface area contributed by atoms with Gasteiger partial charge in [0, 0.05) is 16.8 Å². The van der Waals surface area contributed by atoms with Crippen LogP contribution >= 0.6 is 0 Å². The van der Waals surface area contributed by atoms with Gasteiger partial charge in [-0.3, -0.25) is 9.78 Å². The molecule has 1 aromatic heterocycles. The van der Waals surface area contributed by atoms with Gasteiger partial charge in [0.05, 0.1) is 0 Å². The summed E-state index contributed by atoms with van der Waals surface area (Å²) in [6.45, 7) is 1.61. The van der Waals surface area contributed by atoms with Gasteiger partial charge in [-0.25, -0.2) is 9.12 Å². The zero-order chi connectivity index (χ0) is 21.7. The number of aryl methyl sites for hydroxylation is 1. The van der Waals surface area contributed by atoms with Gasteiger partial charge in [0.2, 0.25) is 0 Å². The number of rotatable bonds is 3. The number of fused-ring (bicyclic) bond motifs is 1. The van der Waals surface area contributed by atoms with Gasteiger partial charge in [-0.15, -0.1) is 12.1 Å². The third-order valence-corrected chi connectivity index (χ3v) is 4.30. The van der Waals surface area contributed by atoms with Gasteiger partial charge in [-0.05, 0) is 66.0 Å². The average molecular weight is 451 g/mol. The minimum atomic E-state index is -0.875. The number of halogens is 1. The maximum absolute atomic E-state index is 13.3. The first kappa shape index (κ1) is 21.3. The van der Waals surface area contributed by atoms with Crippen molar-refractivity contribution in [3.8, 4) is 11.4 Å². The molecule has 30 heavy (non-hydrogen) atoms. The van der Waals surface area contributed by atoms with Crippen LogP contribution in [0.15, 0.2) is 60.7 Å². The van der Waals surface area contributed by atoms with Crippen molar-refractivity contribution in [3.63, 3.8) is 0 Å². The molecule has 3 aromatic carbocycles. The molecule has 9 heteroatoms. The van der Waals surface area contributed by atoms with E-state index >= 15 is 0 Å². The average Bonchev–Trinajstić information content (AvgIpc) is 3.08. The Bertz CT molecular complexity index is 1210. The van der Waals surface area contributed by atoms with Crippen molar-refractivity contribution in [2.24, 2.45) is 0 Å². The normalized spacial score (nSPS) is 10.5. The van der Waals surface area contributed by atoms with Gasteiger partial charge < -0.3 is 10.5 Å². The molecule has 0 saturated heterocycles. The number of nitrogens with zero attached hydrogens (tertiary/aromatic N) is 2. The minimum absolute atomic E-state index is 0.323. The van der Waals surface area contributed by atoms with Crippen LogP contribution < -0.4 is 9.57 Å². The van der Waals surface area contributed by atoms with E-state index in [9.17, 15) is 14.4 Å². The number of nitrogens with one attached hydrogen (secondary N) is 1. The predicted octanol–water partition coefficient (Wildman–Crippen LogP) is 3.13. The molecule has 4 rings (SSSR count). The van der Waals surface area contributed by atoms with Crippen LogP contribution in [0.2, 0.25) is 0 Å². The molecule has 0 aliphatic heterocycles. The van der Waals surface area contributed by atoms with E-state index in [1.54, 1.807) is 49.4 Å². The van der Waals surface area contributed by atoms with Crippen LogP contribution in [0.25, 0.3) is 22.4 Å². The number of amides is 1. The fourth-order valence-corrected chi connectivity index (χ4v) is 2.83. The summed E-state index contributed by atoms with van der Waals surface area (Å²) in [5.74, 6) is -0.271. The van der Waals surface area contributed by atoms with Crippen molar-refractivity contribution >= 4 is 22.6 Å². The van der Waals surface area contributed by atoms with E-state index in [0.29, 0.717) is 39.2 Å². The number of hydrogen-bond donors (Lipinski definition) is 2. The fourth-order valence-electron chi connectivity index (χ4n) is 2.83. The third-order valence-electron chi connectivity index (χ3n) is 4.30. The standard InChI is InChI=1S/C21H15FN3O2.Ni.2O/c1-13-12-15(8-11-17(13)22)21(26)23-16-9-6-14(7-10-16)20-24-18-4-2-3-5-19(18)25(20)27;;;/h2,4-12,27H,1H3,(H,23,26);;;/q-1;;;-1. The number of anilines is 1. The summed E-state index contributed by atoms with van der Waals surface area (Å²) in [4.78, 5) is 16.7. The van der Waals surface area contributed by atoms with E-state index in [1.165, 1.54) is 18.2 Å². The summed E-state index contributed by atoms with van der Waals surface area (Å²) >= 11 is -0.875. The van der Waals surface area contributed by atoms with Crippen molar-refractivity contribution < 1.29 is 37.2 Å². The summed E-state index contributed by atoms with van der Waals surface area (Å²) in [7, 11) is 0. The number of aromatic nitrogens is 2. The monoisotopic (exact) mass is 450 g/mol. The van der Waals surface area contributed by atoms with E-state index < -0.39 is 14.7 Å². The SMILES string of the molecule is Cc1cc(C(=O)Nc2ccc(-c3nc4cc[c-]cc4n3O)cc2)ccc1F.[O]=[Ni][O-]. The molecule has 2 N–H and O–H groups in total. The molecule has 157 valence electrons. The second kappa shape index (κ2) is 9.39. The maximum atomic E-state index is 13.3. The summed E-state index contributed by atoms with van der Waals surface area (Å²) in [6.07, 6.45) is 0. The van der Waals surface area contributed by atoms with Gasteiger partial charge in [0.1, 0.15) is 5.82 Å². The van der Waals surface area contributed by atoms with Crippen LogP contribution in [-0.4, -0.2) is 20.8 Å². The number of hydrogen-bond acceptors (Lipinski definition) is 5. The van der Waals surface area contributed by atoms with Crippen molar-refractivity contribution in [2.75, 3.05) is 5.32 Å². The van der Waals surface area contributed by atoms with E-state index in [-0.39, 0.29) is 11.7 Å². The molecule has 0 unspecified atom stereocenters. The molecule has 0 aliphatic carbocycles. The summed E-state index contributed by atoms with van der Waals surface area (Å²) in [5.41, 5.74) is 3.30. The Morgan fingerprint density at radius 3 is 2.57 bits per heavy atom. The Morgan fingerprint density at radius 1 is 1.23 bits per heavy atom. The van der Waals surface area contributed by atoms with Crippen LogP contribution in [-0.2, 0) is 18.6 Å². The van der Waals surface area contributed by atoms with Crippen LogP contribution in [0, 0.1) is 18.8 Å². The Morgan fingerprint density at radius 2 is 1.93 bits per heavy atom. The second-order valence-electron chi connectivity index (χ2n) is 6.21. The van der Waals surface area contributed by atoms with Crippen LogP contribution in [0.1, 0.15) is 15.9 Å². The van der Waals surface area contributed by atoms with Gasteiger partial charge in [0.15, 0.2) is 5.82 Å². The first-order valence-electron chi connectivity index (χ1n) is 8.54. The van der Waals surface area contributed by atoms with E-state index in [2.05, 4.69) is 16.4 Å². The number of imidazole rings is 1. The molecule has 7 nitrogen and oxygen atoms in total. The quantitative estimate of drug-likeness (QED) is 0.283. The van der Waals surface area contributed by atoms with Crippen molar-refractivity contribution in [1.82, 2.24) is 9.71 Å². The van der Waals surface area contributed by atoms with Crippen molar-refractivity contribution in [3.05, 3.63) is 83.7 Å². The Balaban J connectivity index is 0.000000806. The molecule has 1 heterocycles. The Labute approximate surface area is 177 Å². The molecular formula is C21H15FN3NiO4-2. The molecule has 0 fully saturated rings. The summed E-state index contributed by atoms with van der Waals surface area (Å²) < 4.78 is 31.0. The van der Waals surface area contributed by atoms with Gasteiger partial charge >= 0.3 is 22.8 Å². The van der Waals surface area contributed by atoms with Gasteiger partial charge in [-0.1, -0.05) is 0 Å². The number of carbonyl (C=O) groups excluding carboxylic acids is 1. The molecule has 0 spiro atoms. The summed E-state index contributed by atoms with van der Waals surface area (Å²) in [5, 5.41) is 13.1. The topological polar surface area (TPSA) is 107 Å². The molecule has 0 radical (unpaired) electrons. The zero-order valence-electron chi connectivity index (χ0n) is 15.5. The Kier molecular flexibility index (Phi) is 6.66. The van der Waals surface area contributed by atoms with E-state index in [1.807, 2.05) is 0 Å². The molecular weight excluding hydrogens is 436 g/mol. The zero-order valence-corrected chi connectivity index (χ0v) is 16.5. The third kappa shape index (κ3) is 4.59. The van der Waals surface area contributed by atoms with Crippen LogP contribution in [0.5, 0.6) is 0 Å². The Hall–Kier alpha value is -3.42. The van der Waals surface area contributed by atoms with E-state index in [4.69, 9.17) is 8.15 Å². The molecule has 4 aromatic rings. The summed E-state index contributed by atoms with van der Waals surface area (Å²) in [6, 6.07) is 19.2. The van der Waals surface area contributed by atoms with Gasteiger partial charge in [0.25, 0.3) is 5.91 Å². The number of carbonyl (C=O) groups is 1. The van der Waals surface area contributed by atoms with Crippen molar-refractivity contribution in [2.45, 2.75) is 6.92 Å². The molecule has 0 bridgehead atoms. The van der Waals surface area contributed by atoms with E-state index in [0.717, 1.165) is 4.73 Å². The molecule has 1 amide bonds. The first-order chi connectivity index (χ1) is 14.4. The predicted molar refractivity (Wildman–Crippen MR) is 101 cm³/mol. The van der Waals surface area contributed by atoms with Crippen LogP contribution in [0.4, 0.5) is 10.1 Å². The second-order valence-corrected chi connectivity index (χ2v) is 6.37. The fraction of sp³-hybridized carbons (Fsp3) is 0.0476. The molecule has 0 atom stereocenters. The number of benzene rings is 3.